The molecule has 1 N–H and O–H groups in total. The monoisotopic (exact) mass is 347 g/mol. The standard InChI is InChI=1S/C19H25NO5/c1-13-5-3-4-6-17(13)20-19(23)14(2)25-18(22)12-24-16-9-7-15(11-21)8-10-16/h7-11,13-14,17H,3-6,12H2,1-2H3,(H,20,23)/t13-,14-,17+/m1/s1. The van der Waals surface area contributed by atoms with Gasteiger partial charge in [-0.05, 0) is 49.9 Å². The van der Waals surface area contributed by atoms with Crippen molar-refractivity contribution in [2.75, 3.05) is 6.61 Å². The summed E-state index contributed by atoms with van der Waals surface area (Å²) in [5.41, 5.74) is 0.525. The van der Waals surface area contributed by atoms with Crippen molar-refractivity contribution < 1.29 is 23.9 Å². The smallest absolute Gasteiger partial charge is 0.344 e. The Hall–Kier alpha value is -2.37. The van der Waals surface area contributed by atoms with Crippen LogP contribution in [0.25, 0.3) is 0 Å². The number of rotatable bonds is 7. The Morgan fingerprint density at radius 1 is 1.24 bits per heavy atom. The third-order valence-electron chi connectivity index (χ3n) is 4.49. The summed E-state index contributed by atoms with van der Waals surface area (Å²) in [6, 6.07) is 6.52. The minimum atomic E-state index is -0.859. The molecule has 25 heavy (non-hydrogen) atoms. The number of ether oxygens (including phenoxy) is 2. The molecule has 0 bridgehead atoms. The quantitative estimate of drug-likeness (QED) is 0.605. The van der Waals surface area contributed by atoms with Gasteiger partial charge in [-0.2, -0.15) is 0 Å². The molecule has 1 aromatic rings. The van der Waals surface area contributed by atoms with E-state index in [4.69, 9.17) is 9.47 Å². The van der Waals surface area contributed by atoms with Crippen LogP contribution in [0.15, 0.2) is 24.3 Å². The van der Waals surface area contributed by atoms with E-state index in [1.807, 2.05) is 0 Å². The minimum absolute atomic E-state index is 0.148. The summed E-state index contributed by atoms with van der Waals surface area (Å²) in [6.07, 6.45) is 4.25. The van der Waals surface area contributed by atoms with E-state index in [9.17, 15) is 14.4 Å². The van der Waals surface area contributed by atoms with E-state index in [0.29, 0.717) is 17.2 Å². The van der Waals surface area contributed by atoms with Crippen LogP contribution < -0.4 is 10.1 Å². The highest BCUT2D eigenvalue weighted by Crippen LogP contribution is 2.23. The number of amides is 1. The molecule has 1 amide bonds. The lowest BCUT2D eigenvalue weighted by Crippen LogP contribution is -2.46. The molecule has 0 aromatic heterocycles. The van der Waals surface area contributed by atoms with Crippen molar-refractivity contribution in [1.82, 2.24) is 5.32 Å². The number of nitrogens with one attached hydrogen (secondary N) is 1. The topological polar surface area (TPSA) is 81.7 Å². The van der Waals surface area contributed by atoms with E-state index < -0.39 is 12.1 Å². The third kappa shape index (κ3) is 5.89. The van der Waals surface area contributed by atoms with Crippen LogP contribution in [0.2, 0.25) is 0 Å². The van der Waals surface area contributed by atoms with E-state index in [2.05, 4.69) is 12.2 Å². The van der Waals surface area contributed by atoms with E-state index in [0.717, 1.165) is 25.5 Å². The second-order valence-electron chi connectivity index (χ2n) is 6.48. The van der Waals surface area contributed by atoms with E-state index >= 15 is 0 Å². The summed E-state index contributed by atoms with van der Waals surface area (Å²) in [6.45, 7) is 3.39. The highest BCUT2D eigenvalue weighted by atomic mass is 16.6. The third-order valence-corrected chi connectivity index (χ3v) is 4.49. The van der Waals surface area contributed by atoms with Crippen LogP contribution in [0.4, 0.5) is 0 Å². The molecule has 0 aliphatic heterocycles. The minimum Gasteiger partial charge on any atom is -0.482 e. The van der Waals surface area contributed by atoms with Gasteiger partial charge in [0.2, 0.25) is 0 Å². The second-order valence-corrected chi connectivity index (χ2v) is 6.48. The normalized spacial score (nSPS) is 21.0. The molecule has 1 aliphatic rings. The Labute approximate surface area is 147 Å². The molecule has 1 saturated carbocycles. The maximum absolute atomic E-state index is 12.2. The molecular formula is C19H25NO5. The second kappa shape index (κ2) is 9.20. The average Bonchev–Trinajstić information content (AvgIpc) is 2.62. The molecule has 6 heteroatoms. The van der Waals surface area contributed by atoms with Gasteiger partial charge in [0.25, 0.3) is 5.91 Å². The maximum Gasteiger partial charge on any atom is 0.344 e. The number of hydrogen-bond donors (Lipinski definition) is 1. The zero-order valence-electron chi connectivity index (χ0n) is 14.7. The number of hydrogen-bond acceptors (Lipinski definition) is 5. The molecule has 1 fully saturated rings. The summed E-state index contributed by atoms with van der Waals surface area (Å²) < 4.78 is 10.4. The maximum atomic E-state index is 12.2. The Balaban J connectivity index is 1.74. The first-order valence-corrected chi connectivity index (χ1v) is 8.67. The van der Waals surface area contributed by atoms with Crippen molar-refractivity contribution in [2.24, 2.45) is 5.92 Å². The van der Waals surface area contributed by atoms with Gasteiger partial charge in [-0.3, -0.25) is 9.59 Å². The van der Waals surface area contributed by atoms with Gasteiger partial charge in [-0.15, -0.1) is 0 Å². The lowest BCUT2D eigenvalue weighted by atomic mass is 9.86. The van der Waals surface area contributed by atoms with Crippen molar-refractivity contribution in [3.8, 4) is 5.75 Å². The Morgan fingerprint density at radius 2 is 1.92 bits per heavy atom. The van der Waals surface area contributed by atoms with Gasteiger partial charge >= 0.3 is 5.97 Å². The molecular weight excluding hydrogens is 322 g/mol. The number of carbonyl (C=O) groups is 3. The van der Waals surface area contributed by atoms with Crippen LogP contribution in [0.3, 0.4) is 0 Å². The van der Waals surface area contributed by atoms with Gasteiger partial charge in [-0.25, -0.2) is 4.79 Å². The molecule has 6 nitrogen and oxygen atoms in total. The van der Waals surface area contributed by atoms with Crippen LogP contribution in [0.5, 0.6) is 5.75 Å². The van der Waals surface area contributed by atoms with Crippen LogP contribution in [-0.2, 0) is 14.3 Å². The van der Waals surface area contributed by atoms with Crippen LogP contribution >= 0.6 is 0 Å². The van der Waals surface area contributed by atoms with Gasteiger partial charge in [0.05, 0.1) is 0 Å². The zero-order valence-corrected chi connectivity index (χ0v) is 14.7. The van der Waals surface area contributed by atoms with Gasteiger partial charge in [0.15, 0.2) is 12.7 Å². The lowest BCUT2D eigenvalue weighted by molar-refractivity contribution is -0.157. The Bertz CT molecular complexity index is 598. The lowest BCUT2D eigenvalue weighted by Gasteiger charge is -2.30. The zero-order chi connectivity index (χ0) is 18.2. The van der Waals surface area contributed by atoms with Gasteiger partial charge in [0, 0.05) is 11.6 Å². The predicted molar refractivity (Wildman–Crippen MR) is 92.4 cm³/mol. The largest absolute Gasteiger partial charge is 0.482 e. The van der Waals surface area contributed by atoms with Crippen molar-refractivity contribution in [2.45, 2.75) is 51.7 Å². The number of benzene rings is 1. The molecule has 0 spiro atoms. The summed E-state index contributed by atoms with van der Waals surface area (Å²) in [4.78, 5) is 34.6. The number of esters is 1. The van der Waals surface area contributed by atoms with Crippen LogP contribution in [0.1, 0.15) is 49.9 Å². The summed E-state index contributed by atoms with van der Waals surface area (Å²) in [5.74, 6) is 0.00944. The predicted octanol–water partition coefficient (Wildman–Crippen LogP) is 2.50. The summed E-state index contributed by atoms with van der Waals surface area (Å²) in [7, 11) is 0. The fourth-order valence-corrected chi connectivity index (χ4v) is 2.90. The van der Waals surface area contributed by atoms with Crippen LogP contribution in [-0.4, -0.2) is 36.9 Å². The molecule has 0 saturated heterocycles. The molecule has 3 atom stereocenters. The fourth-order valence-electron chi connectivity index (χ4n) is 2.90. The molecule has 1 aromatic carbocycles. The average molecular weight is 347 g/mol. The Morgan fingerprint density at radius 3 is 2.56 bits per heavy atom. The highest BCUT2D eigenvalue weighted by Gasteiger charge is 2.26. The van der Waals surface area contributed by atoms with Crippen molar-refractivity contribution >= 4 is 18.2 Å². The molecule has 0 heterocycles. The van der Waals surface area contributed by atoms with E-state index in [-0.39, 0.29) is 18.6 Å². The highest BCUT2D eigenvalue weighted by molar-refractivity contribution is 5.84. The van der Waals surface area contributed by atoms with Gasteiger partial charge in [-0.1, -0.05) is 19.8 Å². The fraction of sp³-hybridized carbons (Fsp3) is 0.526. The first-order chi connectivity index (χ1) is 12.0. The van der Waals surface area contributed by atoms with Gasteiger partial charge in [0.1, 0.15) is 12.0 Å². The SMILES string of the molecule is C[C@@H]1CCCC[C@@H]1NC(=O)[C@@H](C)OC(=O)COc1ccc(C=O)cc1. The van der Waals surface area contributed by atoms with Crippen molar-refractivity contribution in [3.05, 3.63) is 29.8 Å². The molecule has 2 rings (SSSR count). The molecule has 136 valence electrons. The van der Waals surface area contributed by atoms with Gasteiger partial charge < -0.3 is 14.8 Å². The van der Waals surface area contributed by atoms with Crippen molar-refractivity contribution in [1.29, 1.82) is 0 Å². The summed E-state index contributed by atoms with van der Waals surface area (Å²) >= 11 is 0. The van der Waals surface area contributed by atoms with E-state index in [1.165, 1.54) is 6.42 Å². The first-order valence-electron chi connectivity index (χ1n) is 8.67. The number of aldehydes is 1. The van der Waals surface area contributed by atoms with Crippen LogP contribution in [0, 0.1) is 5.92 Å². The van der Waals surface area contributed by atoms with Crippen molar-refractivity contribution in [3.63, 3.8) is 0 Å². The molecule has 0 unspecified atom stereocenters. The number of carbonyl (C=O) groups excluding carboxylic acids is 3. The molecule has 0 radical (unpaired) electrons. The van der Waals surface area contributed by atoms with E-state index in [1.54, 1.807) is 31.2 Å². The Kier molecular flexibility index (Phi) is 6.98. The molecule has 1 aliphatic carbocycles. The first kappa shape index (κ1) is 19.0. The summed E-state index contributed by atoms with van der Waals surface area (Å²) in [5, 5.41) is 2.97.